The third-order valence-corrected chi connectivity index (χ3v) is 4.03. The zero-order valence-corrected chi connectivity index (χ0v) is 14.8. The largest absolute Gasteiger partial charge is 0.491 e. The van der Waals surface area contributed by atoms with E-state index in [0.717, 1.165) is 44.2 Å². The third kappa shape index (κ3) is 5.09. The molecule has 134 valence electrons. The van der Waals surface area contributed by atoms with Gasteiger partial charge >= 0.3 is 0 Å². The number of ether oxygens (including phenoxy) is 2. The number of nitrogens with one attached hydrogen (secondary N) is 1. The number of aliphatic imine (C=N–C) groups is 1. The van der Waals surface area contributed by atoms with Crippen LogP contribution in [0.4, 0.5) is 4.39 Å². The van der Waals surface area contributed by atoms with Crippen LogP contribution >= 0.6 is 0 Å². The lowest BCUT2D eigenvalue weighted by Crippen LogP contribution is -2.40. The van der Waals surface area contributed by atoms with Gasteiger partial charge in [-0.3, -0.25) is 0 Å². The average Bonchev–Trinajstić information content (AvgIpc) is 3.03. The molecule has 1 unspecified atom stereocenters. The first-order valence-electron chi connectivity index (χ1n) is 8.61. The SMILES string of the molecule is CCNC(=NCc1ccc(OCC)c(F)c1)N1CCC(COC)C1. The minimum absolute atomic E-state index is 0.291. The molecule has 5 nitrogen and oxygen atoms in total. The van der Waals surface area contributed by atoms with Crippen molar-refractivity contribution < 1.29 is 13.9 Å². The van der Waals surface area contributed by atoms with Gasteiger partial charge in [-0.05, 0) is 38.0 Å². The molecule has 0 amide bonds. The van der Waals surface area contributed by atoms with E-state index in [-0.39, 0.29) is 5.82 Å². The Morgan fingerprint density at radius 1 is 1.42 bits per heavy atom. The van der Waals surface area contributed by atoms with Crippen molar-refractivity contribution in [3.05, 3.63) is 29.6 Å². The molecule has 1 fully saturated rings. The Kier molecular flexibility index (Phi) is 7.31. The minimum atomic E-state index is -0.337. The second kappa shape index (κ2) is 9.47. The molecule has 0 aromatic heterocycles. The van der Waals surface area contributed by atoms with E-state index in [1.165, 1.54) is 6.07 Å². The Morgan fingerprint density at radius 2 is 2.25 bits per heavy atom. The maximum Gasteiger partial charge on any atom is 0.194 e. The van der Waals surface area contributed by atoms with E-state index in [9.17, 15) is 4.39 Å². The summed E-state index contributed by atoms with van der Waals surface area (Å²) in [6.07, 6.45) is 1.11. The highest BCUT2D eigenvalue weighted by Crippen LogP contribution is 2.20. The molecule has 1 aliphatic heterocycles. The second-order valence-electron chi connectivity index (χ2n) is 5.92. The number of benzene rings is 1. The molecular weight excluding hydrogens is 309 g/mol. The number of hydrogen-bond donors (Lipinski definition) is 1. The van der Waals surface area contributed by atoms with Crippen LogP contribution in [-0.2, 0) is 11.3 Å². The third-order valence-electron chi connectivity index (χ3n) is 4.03. The fourth-order valence-corrected chi connectivity index (χ4v) is 2.90. The number of rotatable bonds is 7. The quantitative estimate of drug-likeness (QED) is 0.614. The second-order valence-corrected chi connectivity index (χ2v) is 5.92. The maximum atomic E-state index is 13.9. The molecule has 1 N–H and O–H groups in total. The summed E-state index contributed by atoms with van der Waals surface area (Å²) in [4.78, 5) is 6.91. The van der Waals surface area contributed by atoms with Gasteiger partial charge in [0.15, 0.2) is 17.5 Å². The van der Waals surface area contributed by atoms with Crippen LogP contribution in [0.5, 0.6) is 5.75 Å². The lowest BCUT2D eigenvalue weighted by Gasteiger charge is -2.21. The fraction of sp³-hybridized carbons (Fsp3) is 0.611. The number of guanidine groups is 1. The highest BCUT2D eigenvalue weighted by molar-refractivity contribution is 5.80. The van der Waals surface area contributed by atoms with Crippen molar-refractivity contribution in [2.75, 3.05) is 40.0 Å². The molecule has 1 atom stereocenters. The lowest BCUT2D eigenvalue weighted by molar-refractivity contribution is 0.157. The average molecular weight is 337 g/mol. The van der Waals surface area contributed by atoms with Crippen LogP contribution in [-0.4, -0.2) is 50.8 Å². The number of hydrogen-bond acceptors (Lipinski definition) is 3. The van der Waals surface area contributed by atoms with Crippen molar-refractivity contribution in [2.45, 2.75) is 26.8 Å². The van der Waals surface area contributed by atoms with Gasteiger partial charge in [-0.2, -0.15) is 0 Å². The molecule has 0 spiro atoms. The van der Waals surface area contributed by atoms with Crippen molar-refractivity contribution in [3.63, 3.8) is 0 Å². The first-order chi connectivity index (χ1) is 11.7. The molecule has 0 bridgehead atoms. The number of nitrogens with zero attached hydrogens (tertiary/aromatic N) is 2. The van der Waals surface area contributed by atoms with Crippen LogP contribution in [0.1, 0.15) is 25.8 Å². The molecule has 1 aromatic carbocycles. The standard InChI is InChI=1S/C18H28FN3O2/c1-4-20-18(22-9-8-15(12-22)13-23-3)21-11-14-6-7-17(24-5-2)16(19)10-14/h6-7,10,15H,4-5,8-9,11-13H2,1-3H3,(H,20,21). The summed E-state index contributed by atoms with van der Waals surface area (Å²) in [5, 5.41) is 3.32. The van der Waals surface area contributed by atoms with Crippen LogP contribution in [0, 0.1) is 11.7 Å². The summed E-state index contributed by atoms with van der Waals surface area (Å²) in [6, 6.07) is 5.02. The van der Waals surface area contributed by atoms with Crippen LogP contribution in [0.2, 0.25) is 0 Å². The van der Waals surface area contributed by atoms with Gasteiger partial charge in [0.25, 0.3) is 0 Å². The number of likely N-dealkylation sites (tertiary alicyclic amines) is 1. The van der Waals surface area contributed by atoms with Gasteiger partial charge in [0.05, 0.1) is 19.8 Å². The van der Waals surface area contributed by atoms with Crippen molar-refractivity contribution >= 4 is 5.96 Å². The van der Waals surface area contributed by atoms with Gasteiger partial charge in [-0.1, -0.05) is 6.07 Å². The molecule has 1 aliphatic rings. The van der Waals surface area contributed by atoms with Gasteiger partial charge in [0.2, 0.25) is 0 Å². The zero-order chi connectivity index (χ0) is 17.4. The Morgan fingerprint density at radius 3 is 2.92 bits per heavy atom. The molecule has 2 rings (SSSR count). The van der Waals surface area contributed by atoms with Gasteiger partial charge < -0.3 is 19.7 Å². The summed E-state index contributed by atoms with van der Waals surface area (Å²) < 4.78 is 24.4. The van der Waals surface area contributed by atoms with Gasteiger partial charge in [-0.15, -0.1) is 0 Å². The fourth-order valence-electron chi connectivity index (χ4n) is 2.90. The minimum Gasteiger partial charge on any atom is -0.491 e. The highest BCUT2D eigenvalue weighted by atomic mass is 19.1. The normalized spacial score (nSPS) is 18.1. The summed E-state index contributed by atoms with van der Waals surface area (Å²) in [6.45, 7) is 8.28. The van der Waals surface area contributed by atoms with Gasteiger partial charge in [-0.25, -0.2) is 9.38 Å². The van der Waals surface area contributed by atoms with E-state index in [2.05, 4.69) is 22.1 Å². The van der Waals surface area contributed by atoms with E-state index in [1.807, 2.05) is 13.0 Å². The topological polar surface area (TPSA) is 46.1 Å². The Labute approximate surface area is 143 Å². The van der Waals surface area contributed by atoms with E-state index < -0.39 is 0 Å². The first kappa shape index (κ1) is 18.5. The van der Waals surface area contributed by atoms with Gasteiger partial charge in [0, 0.05) is 32.7 Å². The molecule has 1 saturated heterocycles. The molecular formula is C18H28FN3O2. The smallest absolute Gasteiger partial charge is 0.194 e. The first-order valence-corrected chi connectivity index (χ1v) is 8.61. The van der Waals surface area contributed by atoms with Crippen LogP contribution in [0.15, 0.2) is 23.2 Å². The van der Waals surface area contributed by atoms with Crippen molar-refractivity contribution in [3.8, 4) is 5.75 Å². The van der Waals surface area contributed by atoms with Crippen molar-refractivity contribution in [1.29, 1.82) is 0 Å². The van der Waals surface area contributed by atoms with Crippen LogP contribution in [0.3, 0.4) is 0 Å². The maximum absolute atomic E-state index is 13.9. The summed E-state index contributed by atoms with van der Waals surface area (Å²) in [5.74, 6) is 1.38. The predicted octanol–water partition coefficient (Wildman–Crippen LogP) is 2.66. The van der Waals surface area contributed by atoms with Crippen molar-refractivity contribution in [2.24, 2.45) is 10.9 Å². The molecule has 0 saturated carbocycles. The molecule has 1 heterocycles. The number of halogens is 1. The van der Waals surface area contributed by atoms with Crippen LogP contribution in [0.25, 0.3) is 0 Å². The van der Waals surface area contributed by atoms with Crippen LogP contribution < -0.4 is 10.1 Å². The highest BCUT2D eigenvalue weighted by Gasteiger charge is 2.24. The molecule has 6 heteroatoms. The Hall–Kier alpha value is -1.82. The van der Waals surface area contributed by atoms with Gasteiger partial charge in [0.1, 0.15) is 0 Å². The van der Waals surface area contributed by atoms with E-state index in [0.29, 0.717) is 24.8 Å². The summed E-state index contributed by atoms with van der Waals surface area (Å²) in [5.41, 5.74) is 0.832. The van der Waals surface area contributed by atoms with E-state index in [1.54, 1.807) is 13.2 Å². The summed E-state index contributed by atoms with van der Waals surface area (Å²) in [7, 11) is 1.74. The molecule has 0 aliphatic carbocycles. The molecule has 0 radical (unpaired) electrons. The van der Waals surface area contributed by atoms with Crippen molar-refractivity contribution in [1.82, 2.24) is 10.2 Å². The van der Waals surface area contributed by atoms with E-state index >= 15 is 0 Å². The Balaban J connectivity index is 2.02. The van der Waals surface area contributed by atoms with E-state index in [4.69, 9.17) is 9.47 Å². The Bertz CT molecular complexity index is 551. The predicted molar refractivity (Wildman–Crippen MR) is 93.9 cm³/mol. The number of methoxy groups -OCH3 is 1. The molecule has 24 heavy (non-hydrogen) atoms. The molecule has 1 aromatic rings. The lowest BCUT2D eigenvalue weighted by atomic mass is 10.1. The zero-order valence-electron chi connectivity index (χ0n) is 14.8. The summed E-state index contributed by atoms with van der Waals surface area (Å²) >= 11 is 0. The monoisotopic (exact) mass is 337 g/mol.